The number of aryl methyl sites for hydroxylation is 2. The largest absolute Gasteiger partial charge is 0.295 e. The Bertz CT molecular complexity index is 637. The summed E-state index contributed by atoms with van der Waals surface area (Å²) < 4.78 is 1.73. The predicted octanol–water partition coefficient (Wildman–Crippen LogP) is 4.16. The van der Waals surface area contributed by atoms with Gasteiger partial charge in [0.2, 0.25) is 0 Å². The Morgan fingerprint density at radius 3 is 2.38 bits per heavy atom. The van der Waals surface area contributed by atoms with Crippen LogP contribution in [0.5, 0.6) is 0 Å². The fraction of sp³-hybridized carbons (Fsp3) is 0.500. The van der Waals surface area contributed by atoms with Crippen LogP contribution in [0.15, 0.2) is 29.1 Å². The van der Waals surface area contributed by atoms with Gasteiger partial charge in [0, 0.05) is 11.3 Å². The molecule has 2 rings (SSSR count). The van der Waals surface area contributed by atoms with Crippen molar-refractivity contribution >= 4 is 0 Å². The van der Waals surface area contributed by atoms with Gasteiger partial charge in [-0.25, -0.2) is 4.68 Å². The number of nitrogens with zero attached hydrogens (tertiary/aromatic N) is 1. The van der Waals surface area contributed by atoms with E-state index >= 15 is 0 Å². The maximum absolute atomic E-state index is 12.7. The first-order valence-corrected chi connectivity index (χ1v) is 8.07. The molecule has 0 aliphatic carbocycles. The zero-order valence-electron chi connectivity index (χ0n) is 13.4. The molecule has 0 amide bonds. The lowest BCUT2D eigenvalue weighted by Crippen LogP contribution is -2.18. The molecule has 0 fully saturated rings. The number of aromatic nitrogens is 2. The SMILES string of the molecule is CCCCc1[nH]n(-c2ccccc2C)c(=O)c1CCCC. The number of hydrogen-bond donors (Lipinski definition) is 1. The standard InChI is InChI=1S/C18H26N2O/c1-4-6-11-15-16(12-7-5-2)19-20(18(15)21)17-13-9-8-10-14(17)3/h8-10,13,19H,4-7,11-12H2,1-3H3. The van der Waals surface area contributed by atoms with Crippen LogP contribution in [0, 0.1) is 6.92 Å². The van der Waals surface area contributed by atoms with Crippen LogP contribution < -0.4 is 5.56 Å². The quantitative estimate of drug-likeness (QED) is 0.815. The Labute approximate surface area is 127 Å². The maximum Gasteiger partial charge on any atom is 0.274 e. The summed E-state index contributed by atoms with van der Waals surface area (Å²) >= 11 is 0. The van der Waals surface area contributed by atoms with Crippen LogP contribution in [0.1, 0.15) is 56.4 Å². The highest BCUT2D eigenvalue weighted by atomic mass is 16.1. The van der Waals surface area contributed by atoms with Crippen LogP contribution in [0.2, 0.25) is 0 Å². The number of H-pyrrole nitrogens is 1. The molecule has 1 aromatic heterocycles. The van der Waals surface area contributed by atoms with Gasteiger partial charge in [0.25, 0.3) is 5.56 Å². The molecule has 0 saturated heterocycles. The molecule has 1 heterocycles. The van der Waals surface area contributed by atoms with Crippen molar-refractivity contribution in [1.82, 2.24) is 9.78 Å². The summed E-state index contributed by atoms with van der Waals surface area (Å²) in [6.07, 6.45) is 6.28. The molecule has 0 aliphatic rings. The molecule has 3 nitrogen and oxygen atoms in total. The first-order chi connectivity index (χ1) is 10.2. The summed E-state index contributed by atoms with van der Waals surface area (Å²) in [4.78, 5) is 12.7. The topological polar surface area (TPSA) is 37.8 Å². The van der Waals surface area contributed by atoms with Gasteiger partial charge in [-0.2, -0.15) is 0 Å². The summed E-state index contributed by atoms with van der Waals surface area (Å²) in [6.45, 7) is 6.39. The van der Waals surface area contributed by atoms with Crippen LogP contribution in [-0.2, 0) is 12.8 Å². The molecule has 0 spiro atoms. The van der Waals surface area contributed by atoms with E-state index in [9.17, 15) is 4.79 Å². The number of aromatic amines is 1. The number of para-hydroxylation sites is 1. The molecule has 0 unspecified atom stereocenters. The van der Waals surface area contributed by atoms with E-state index in [1.807, 2.05) is 31.2 Å². The van der Waals surface area contributed by atoms with Crippen LogP contribution in [0.25, 0.3) is 5.69 Å². The molecule has 1 N–H and O–H groups in total. The third-order valence-electron chi connectivity index (χ3n) is 3.99. The van der Waals surface area contributed by atoms with Crippen LogP contribution in [-0.4, -0.2) is 9.78 Å². The first kappa shape index (κ1) is 15.6. The minimum atomic E-state index is 0.129. The first-order valence-electron chi connectivity index (χ1n) is 8.07. The number of nitrogens with one attached hydrogen (secondary N) is 1. The highest BCUT2D eigenvalue weighted by Crippen LogP contribution is 2.15. The number of rotatable bonds is 7. The minimum Gasteiger partial charge on any atom is -0.295 e. The fourth-order valence-corrected chi connectivity index (χ4v) is 2.67. The second-order valence-electron chi connectivity index (χ2n) is 5.70. The van der Waals surface area contributed by atoms with Crippen molar-refractivity contribution in [1.29, 1.82) is 0 Å². The van der Waals surface area contributed by atoms with Gasteiger partial charge in [-0.3, -0.25) is 9.89 Å². The number of hydrogen-bond acceptors (Lipinski definition) is 1. The molecule has 0 atom stereocenters. The van der Waals surface area contributed by atoms with Gasteiger partial charge in [0.05, 0.1) is 5.69 Å². The van der Waals surface area contributed by atoms with Crippen LogP contribution in [0.4, 0.5) is 0 Å². The molecule has 2 aromatic rings. The second-order valence-corrected chi connectivity index (χ2v) is 5.70. The predicted molar refractivity (Wildman–Crippen MR) is 88.4 cm³/mol. The van der Waals surface area contributed by atoms with E-state index in [-0.39, 0.29) is 5.56 Å². The van der Waals surface area contributed by atoms with E-state index in [0.717, 1.165) is 61.0 Å². The Hall–Kier alpha value is -1.77. The lowest BCUT2D eigenvalue weighted by molar-refractivity contribution is 0.736. The van der Waals surface area contributed by atoms with Crippen LogP contribution >= 0.6 is 0 Å². The monoisotopic (exact) mass is 286 g/mol. The Morgan fingerprint density at radius 2 is 1.71 bits per heavy atom. The molecule has 0 saturated carbocycles. The molecular formula is C18H26N2O. The van der Waals surface area contributed by atoms with Gasteiger partial charge in [-0.15, -0.1) is 0 Å². The summed E-state index contributed by atoms with van der Waals surface area (Å²) in [7, 11) is 0. The molecule has 3 heteroatoms. The molecule has 21 heavy (non-hydrogen) atoms. The highest BCUT2D eigenvalue weighted by Gasteiger charge is 2.15. The molecular weight excluding hydrogens is 260 g/mol. The van der Waals surface area contributed by atoms with Crippen molar-refractivity contribution < 1.29 is 0 Å². The Balaban J connectivity index is 2.45. The fourth-order valence-electron chi connectivity index (χ4n) is 2.67. The lowest BCUT2D eigenvalue weighted by atomic mass is 10.1. The van der Waals surface area contributed by atoms with Crippen molar-refractivity contribution in [2.75, 3.05) is 0 Å². The van der Waals surface area contributed by atoms with Crippen molar-refractivity contribution in [3.8, 4) is 5.69 Å². The van der Waals surface area contributed by atoms with Crippen molar-refractivity contribution in [2.45, 2.75) is 59.3 Å². The van der Waals surface area contributed by atoms with Crippen molar-refractivity contribution in [3.63, 3.8) is 0 Å². The zero-order chi connectivity index (χ0) is 15.2. The number of benzene rings is 1. The van der Waals surface area contributed by atoms with Gasteiger partial charge in [0.15, 0.2) is 0 Å². The van der Waals surface area contributed by atoms with Crippen molar-refractivity contribution in [3.05, 3.63) is 51.4 Å². The van der Waals surface area contributed by atoms with E-state index < -0.39 is 0 Å². The highest BCUT2D eigenvalue weighted by molar-refractivity contribution is 5.40. The smallest absolute Gasteiger partial charge is 0.274 e. The van der Waals surface area contributed by atoms with E-state index in [2.05, 4.69) is 18.9 Å². The van der Waals surface area contributed by atoms with E-state index in [4.69, 9.17) is 0 Å². The van der Waals surface area contributed by atoms with Gasteiger partial charge in [-0.1, -0.05) is 44.9 Å². The Kier molecular flexibility index (Phi) is 5.43. The van der Waals surface area contributed by atoms with Gasteiger partial charge < -0.3 is 0 Å². The number of unbranched alkanes of at least 4 members (excludes halogenated alkanes) is 2. The normalized spacial score (nSPS) is 11.0. The second kappa shape index (κ2) is 7.30. The van der Waals surface area contributed by atoms with Gasteiger partial charge in [-0.05, 0) is 44.2 Å². The summed E-state index contributed by atoms with van der Waals surface area (Å²) in [6, 6.07) is 8.02. The van der Waals surface area contributed by atoms with Crippen LogP contribution in [0.3, 0.4) is 0 Å². The average molecular weight is 286 g/mol. The van der Waals surface area contributed by atoms with E-state index in [1.54, 1.807) is 4.68 Å². The zero-order valence-corrected chi connectivity index (χ0v) is 13.4. The summed E-state index contributed by atoms with van der Waals surface area (Å²) in [5, 5.41) is 3.36. The van der Waals surface area contributed by atoms with Gasteiger partial charge in [0.1, 0.15) is 0 Å². The molecule has 1 aromatic carbocycles. The summed E-state index contributed by atoms with van der Waals surface area (Å²) in [5.41, 5.74) is 4.31. The molecule has 0 bridgehead atoms. The van der Waals surface area contributed by atoms with E-state index in [1.165, 1.54) is 0 Å². The minimum absolute atomic E-state index is 0.129. The maximum atomic E-state index is 12.7. The summed E-state index contributed by atoms with van der Waals surface area (Å²) in [5.74, 6) is 0. The third-order valence-corrected chi connectivity index (χ3v) is 3.99. The van der Waals surface area contributed by atoms with Gasteiger partial charge >= 0.3 is 0 Å². The molecule has 0 aliphatic heterocycles. The van der Waals surface area contributed by atoms with E-state index in [0.29, 0.717) is 0 Å². The molecule has 114 valence electrons. The molecule has 0 radical (unpaired) electrons. The third kappa shape index (κ3) is 3.46. The Morgan fingerprint density at radius 1 is 1.05 bits per heavy atom. The van der Waals surface area contributed by atoms with Crippen molar-refractivity contribution in [2.24, 2.45) is 0 Å². The average Bonchev–Trinajstić information content (AvgIpc) is 2.80. The lowest BCUT2D eigenvalue weighted by Gasteiger charge is -2.05.